The van der Waals surface area contributed by atoms with E-state index in [1.807, 2.05) is 12.1 Å². The van der Waals surface area contributed by atoms with E-state index in [0.29, 0.717) is 31.8 Å². The lowest BCUT2D eigenvalue weighted by atomic mass is 10.3. The molecular formula is C15H16N8O2. The van der Waals surface area contributed by atoms with Crippen molar-refractivity contribution in [3.05, 3.63) is 30.7 Å². The monoisotopic (exact) mass is 340 g/mol. The number of rotatable bonds is 2. The van der Waals surface area contributed by atoms with Crippen LogP contribution in [0.4, 0.5) is 16.6 Å². The highest BCUT2D eigenvalue weighted by Crippen LogP contribution is 2.21. The second kappa shape index (κ2) is 5.89. The molecule has 0 spiro atoms. The Balaban J connectivity index is 1.65. The lowest BCUT2D eigenvalue weighted by molar-refractivity contribution is 0.142. The maximum Gasteiger partial charge on any atom is 0.407 e. The molecule has 1 aliphatic heterocycles. The summed E-state index contributed by atoms with van der Waals surface area (Å²) < 4.78 is 1.73. The first-order valence-corrected chi connectivity index (χ1v) is 7.77. The van der Waals surface area contributed by atoms with Gasteiger partial charge in [0.1, 0.15) is 5.82 Å². The van der Waals surface area contributed by atoms with Crippen molar-refractivity contribution in [3.63, 3.8) is 0 Å². The summed E-state index contributed by atoms with van der Waals surface area (Å²) in [5, 5.41) is 13.7. The Morgan fingerprint density at radius 2 is 1.76 bits per heavy atom. The van der Waals surface area contributed by atoms with Crippen LogP contribution in [0.1, 0.15) is 0 Å². The Bertz CT molecular complexity index is 915. The van der Waals surface area contributed by atoms with Crippen LogP contribution in [0.25, 0.3) is 16.9 Å². The van der Waals surface area contributed by atoms with Gasteiger partial charge in [0.25, 0.3) is 0 Å². The molecule has 10 heteroatoms. The van der Waals surface area contributed by atoms with Gasteiger partial charge in [0.15, 0.2) is 5.65 Å². The molecule has 1 aliphatic rings. The highest BCUT2D eigenvalue weighted by atomic mass is 16.4. The van der Waals surface area contributed by atoms with Gasteiger partial charge in [0.2, 0.25) is 5.95 Å². The molecular weight excluding hydrogens is 324 g/mol. The van der Waals surface area contributed by atoms with Crippen molar-refractivity contribution < 1.29 is 9.90 Å². The molecule has 3 aromatic heterocycles. The molecule has 4 rings (SSSR count). The van der Waals surface area contributed by atoms with Gasteiger partial charge in [-0.3, -0.25) is 0 Å². The molecule has 4 heterocycles. The van der Waals surface area contributed by atoms with Gasteiger partial charge in [0.05, 0.1) is 11.9 Å². The third-order valence-electron chi connectivity index (χ3n) is 4.19. The highest BCUT2D eigenvalue weighted by Gasteiger charge is 2.21. The van der Waals surface area contributed by atoms with Crippen LogP contribution in [-0.4, -0.2) is 66.8 Å². The summed E-state index contributed by atoms with van der Waals surface area (Å²) in [5.74, 6) is 0.982. The van der Waals surface area contributed by atoms with E-state index in [0.717, 1.165) is 17.1 Å². The first kappa shape index (κ1) is 15.1. The number of nitrogens with two attached hydrogens (primary N) is 1. The first-order valence-electron chi connectivity index (χ1n) is 7.77. The van der Waals surface area contributed by atoms with Crippen LogP contribution in [0.2, 0.25) is 0 Å². The van der Waals surface area contributed by atoms with E-state index in [4.69, 9.17) is 10.8 Å². The molecule has 3 aromatic rings. The van der Waals surface area contributed by atoms with E-state index < -0.39 is 6.09 Å². The summed E-state index contributed by atoms with van der Waals surface area (Å²) in [4.78, 5) is 26.8. The van der Waals surface area contributed by atoms with Gasteiger partial charge in [-0.1, -0.05) is 0 Å². The minimum atomic E-state index is -0.886. The predicted molar refractivity (Wildman–Crippen MR) is 90.2 cm³/mol. The predicted octanol–water partition coefficient (Wildman–Crippen LogP) is 0.568. The number of hydrogen-bond acceptors (Lipinski definition) is 7. The van der Waals surface area contributed by atoms with Crippen molar-refractivity contribution in [2.75, 3.05) is 36.8 Å². The fourth-order valence-electron chi connectivity index (χ4n) is 2.83. The number of piperazine rings is 1. The summed E-state index contributed by atoms with van der Waals surface area (Å²) in [6, 6.07) is 3.77. The molecule has 10 nitrogen and oxygen atoms in total. The number of carboxylic acid groups (broad SMARTS) is 1. The second-order valence-electron chi connectivity index (χ2n) is 5.69. The van der Waals surface area contributed by atoms with E-state index >= 15 is 0 Å². The van der Waals surface area contributed by atoms with Gasteiger partial charge in [-0.25, -0.2) is 24.3 Å². The van der Waals surface area contributed by atoms with Crippen LogP contribution in [0, 0.1) is 0 Å². The summed E-state index contributed by atoms with van der Waals surface area (Å²) in [7, 11) is 0. The Morgan fingerprint density at radius 3 is 2.44 bits per heavy atom. The Morgan fingerprint density at radius 1 is 1.04 bits per heavy atom. The van der Waals surface area contributed by atoms with Crippen molar-refractivity contribution in [3.8, 4) is 11.3 Å². The van der Waals surface area contributed by atoms with E-state index in [1.165, 1.54) is 4.90 Å². The average Bonchev–Trinajstić information content (AvgIpc) is 3.05. The zero-order valence-electron chi connectivity index (χ0n) is 13.3. The quantitative estimate of drug-likeness (QED) is 0.693. The normalized spacial score (nSPS) is 14.9. The van der Waals surface area contributed by atoms with Gasteiger partial charge >= 0.3 is 6.09 Å². The molecule has 0 radical (unpaired) electrons. The molecule has 0 unspecified atom stereocenters. The maximum atomic E-state index is 11.0. The van der Waals surface area contributed by atoms with Gasteiger partial charge in [-0.05, 0) is 12.1 Å². The minimum absolute atomic E-state index is 0.211. The smallest absolute Gasteiger partial charge is 0.407 e. The number of nitrogen functional groups attached to an aromatic ring is 1. The third-order valence-corrected chi connectivity index (χ3v) is 4.19. The molecule has 1 amide bonds. The number of aromatic nitrogens is 5. The van der Waals surface area contributed by atoms with Gasteiger partial charge < -0.3 is 20.6 Å². The van der Waals surface area contributed by atoms with E-state index in [1.54, 1.807) is 23.1 Å². The number of amides is 1. The van der Waals surface area contributed by atoms with Gasteiger partial charge in [-0.2, -0.15) is 0 Å². The van der Waals surface area contributed by atoms with Crippen molar-refractivity contribution in [1.29, 1.82) is 0 Å². The standard InChI is InChI=1S/C15H16N8O2/c16-14-18-7-10(8-19-14)11-9-17-12-1-2-13(20-23(11)12)21-3-5-22(6-4-21)15(24)25/h1-2,7-9H,3-6H2,(H,24,25)(H2,16,18,19). The number of imidazole rings is 1. The maximum absolute atomic E-state index is 11.0. The molecule has 0 saturated carbocycles. The zero-order chi connectivity index (χ0) is 17.4. The lowest BCUT2D eigenvalue weighted by Gasteiger charge is -2.33. The van der Waals surface area contributed by atoms with Crippen molar-refractivity contribution in [2.24, 2.45) is 0 Å². The summed E-state index contributed by atoms with van der Waals surface area (Å²) in [5.41, 5.74) is 7.77. The van der Waals surface area contributed by atoms with Gasteiger partial charge in [-0.15, -0.1) is 5.10 Å². The fourth-order valence-corrected chi connectivity index (χ4v) is 2.83. The van der Waals surface area contributed by atoms with Crippen LogP contribution in [0.15, 0.2) is 30.7 Å². The van der Waals surface area contributed by atoms with Crippen LogP contribution in [-0.2, 0) is 0 Å². The first-order chi connectivity index (χ1) is 12.1. The van der Waals surface area contributed by atoms with Crippen molar-refractivity contribution in [1.82, 2.24) is 29.5 Å². The molecule has 0 bridgehead atoms. The van der Waals surface area contributed by atoms with Crippen LogP contribution in [0.5, 0.6) is 0 Å². The number of anilines is 2. The van der Waals surface area contributed by atoms with Crippen molar-refractivity contribution in [2.45, 2.75) is 0 Å². The molecule has 0 aromatic carbocycles. The number of fused-ring (bicyclic) bond motifs is 1. The largest absolute Gasteiger partial charge is 0.465 e. The molecule has 1 saturated heterocycles. The van der Waals surface area contributed by atoms with Crippen LogP contribution >= 0.6 is 0 Å². The molecule has 1 fully saturated rings. The van der Waals surface area contributed by atoms with Crippen molar-refractivity contribution >= 4 is 23.5 Å². The van der Waals surface area contributed by atoms with E-state index in [2.05, 4.69) is 25.0 Å². The topological polar surface area (TPSA) is 126 Å². The number of carbonyl (C=O) groups is 1. The molecule has 25 heavy (non-hydrogen) atoms. The molecule has 128 valence electrons. The fraction of sp³-hybridized carbons (Fsp3) is 0.267. The Labute approximate surface area is 142 Å². The molecule has 0 atom stereocenters. The molecule has 3 N–H and O–H groups in total. The molecule has 0 aliphatic carbocycles. The highest BCUT2D eigenvalue weighted by molar-refractivity contribution is 5.66. The third kappa shape index (κ3) is 2.77. The van der Waals surface area contributed by atoms with E-state index in [-0.39, 0.29) is 5.95 Å². The van der Waals surface area contributed by atoms with E-state index in [9.17, 15) is 4.79 Å². The summed E-state index contributed by atoms with van der Waals surface area (Å²) in [6.45, 7) is 2.11. The Kier molecular flexibility index (Phi) is 3.56. The minimum Gasteiger partial charge on any atom is -0.465 e. The number of nitrogens with zero attached hydrogens (tertiary/aromatic N) is 7. The number of hydrogen-bond donors (Lipinski definition) is 2. The zero-order valence-corrected chi connectivity index (χ0v) is 13.3. The van der Waals surface area contributed by atoms with Crippen LogP contribution < -0.4 is 10.6 Å². The summed E-state index contributed by atoms with van der Waals surface area (Å²) in [6.07, 6.45) is 4.09. The SMILES string of the molecule is Nc1ncc(-c2cnc3ccc(N4CCN(C(=O)O)CC4)nn23)cn1. The average molecular weight is 340 g/mol. The second-order valence-corrected chi connectivity index (χ2v) is 5.69. The van der Waals surface area contributed by atoms with Crippen LogP contribution in [0.3, 0.4) is 0 Å². The lowest BCUT2D eigenvalue weighted by Crippen LogP contribution is -2.48. The Hall–Kier alpha value is -3.43. The summed E-state index contributed by atoms with van der Waals surface area (Å²) >= 11 is 0. The van der Waals surface area contributed by atoms with Gasteiger partial charge in [0, 0.05) is 44.1 Å².